The Hall–Kier alpha value is -1.93. The van der Waals surface area contributed by atoms with Gasteiger partial charge in [-0.15, -0.1) is 0 Å². The first-order valence-corrected chi connectivity index (χ1v) is 8.04. The maximum atomic E-state index is 11.4. The van der Waals surface area contributed by atoms with Crippen molar-refractivity contribution in [3.63, 3.8) is 0 Å². The molecule has 0 bridgehead atoms. The summed E-state index contributed by atoms with van der Waals surface area (Å²) in [5.41, 5.74) is -0.577. The van der Waals surface area contributed by atoms with E-state index in [0.717, 1.165) is 0 Å². The first-order chi connectivity index (χ1) is 11.5. The molecule has 1 fully saturated rings. The molecule has 1 aliphatic rings. The average molecular weight is 352 g/mol. The second kappa shape index (κ2) is 6.76. The summed E-state index contributed by atoms with van der Waals surface area (Å²) in [7, 11) is 2.08. The van der Waals surface area contributed by atoms with Gasteiger partial charge in [-0.05, 0) is 45.4 Å². The van der Waals surface area contributed by atoms with Crippen LogP contribution in [0, 0.1) is 0 Å². The van der Waals surface area contributed by atoms with E-state index in [-0.39, 0.29) is 23.7 Å². The Labute approximate surface area is 148 Å². The van der Waals surface area contributed by atoms with Gasteiger partial charge in [0.1, 0.15) is 0 Å². The van der Waals surface area contributed by atoms with E-state index in [1.165, 1.54) is 14.2 Å². The Kier molecular flexibility index (Phi) is 5.25. The van der Waals surface area contributed by atoms with Crippen molar-refractivity contribution in [1.82, 2.24) is 0 Å². The largest absolute Gasteiger partial charge is 0.502 e. The van der Waals surface area contributed by atoms with Crippen LogP contribution in [0.15, 0.2) is 12.1 Å². The molecule has 8 heteroatoms. The number of benzene rings is 1. The molecule has 2 N–H and O–H groups in total. The number of aromatic hydroxyl groups is 1. The van der Waals surface area contributed by atoms with Gasteiger partial charge in [-0.3, -0.25) is 4.79 Å². The van der Waals surface area contributed by atoms with E-state index in [4.69, 9.17) is 18.8 Å². The van der Waals surface area contributed by atoms with Crippen LogP contribution in [-0.2, 0) is 14.1 Å². The Bertz CT molecular complexity index is 615. The van der Waals surface area contributed by atoms with Crippen molar-refractivity contribution >= 4 is 13.1 Å². The van der Waals surface area contributed by atoms with Crippen molar-refractivity contribution < 1.29 is 33.8 Å². The van der Waals surface area contributed by atoms with Gasteiger partial charge in [0.05, 0.1) is 31.8 Å². The van der Waals surface area contributed by atoms with E-state index in [0.29, 0.717) is 5.56 Å². The summed E-state index contributed by atoms with van der Waals surface area (Å²) in [6.45, 7) is 7.62. The van der Waals surface area contributed by atoms with Gasteiger partial charge in [0.2, 0.25) is 5.75 Å². The molecule has 2 rings (SSSR count). The van der Waals surface area contributed by atoms with Crippen LogP contribution in [0.1, 0.15) is 45.5 Å². The predicted molar refractivity (Wildman–Crippen MR) is 92.3 cm³/mol. The highest BCUT2D eigenvalue weighted by molar-refractivity contribution is 6.48. The van der Waals surface area contributed by atoms with Gasteiger partial charge >= 0.3 is 13.1 Å². The molecule has 0 amide bonds. The van der Waals surface area contributed by atoms with Crippen molar-refractivity contribution in [3.8, 4) is 17.2 Å². The molecule has 1 aliphatic heterocycles. The van der Waals surface area contributed by atoms with Crippen LogP contribution in [0.4, 0.5) is 0 Å². The number of methoxy groups -OCH3 is 2. The van der Waals surface area contributed by atoms with Crippen molar-refractivity contribution in [3.05, 3.63) is 17.7 Å². The number of rotatable bonds is 6. The number of ether oxygens (including phenoxy) is 2. The number of carboxylic acid groups (broad SMARTS) is 1. The van der Waals surface area contributed by atoms with E-state index in [1.807, 2.05) is 27.7 Å². The molecule has 1 heterocycles. The van der Waals surface area contributed by atoms with Crippen LogP contribution in [0.5, 0.6) is 17.2 Å². The molecular formula is C17H25BO7. The minimum absolute atomic E-state index is 0.142. The zero-order valence-corrected chi connectivity index (χ0v) is 15.5. The van der Waals surface area contributed by atoms with Crippen LogP contribution in [0.25, 0.3) is 0 Å². The first-order valence-electron chi connectivity index (χ1n) is 8.04. The smallest absolute Gasteiger partial charge is 0.466 e. The normalized spacial score (nSPS) is 19.5. The minimum atomic E-state index is -0.981. The Morgan fingerprint density at radius 1 is 1.12 bits per heavy atom. The quantitative estimate of drug-likeness (QED) is 0.760. The van der Waals surface area contributed by atoms with Gasteiger partial charge in [0.15, 0.2) is 11.5 Å². The molecule has 0 aliphatic carbocycles. The lowest BCUT2D eigenvalue weighted by Gasteiger charge is -2.32. The van der Waals surface area contributed by atoms with E-state index in [9.17, 15) is 15.0 Å². The molecule has 1 saturated heterocycles. The van der Waals surface area contributed by atoms with E-state index in [1.54, 1.807) is 12.1 Å². The lowest BCUT2D eigenvalue weighted by atomic mass is 9.66. The molecule has 0 radical (unpaired) electrons. The minimum Gasteiger partial charge on any atom is -0.502 e. The lowest BCUT2D eigenvalue weighted by molar-refractivity contribution is -0.137. The third-order valence-electron chi connectivity index (χ3n) is 4.92. The molecule has 0 saturated carbocycles. The number of carbonyl (C=O) groups is 1. The van der Waals surface area contributed by atoms with Crippen LogP contribution in [-0.4, -0.2) is 48.7 Å². The summed E-state index contributed by atoms with van der Waals surface area (Å²) < 4.78 is 22.4. The monoisotopic (exact) mass is 352 g/mol. The average Bonchev–Trinajstić information content (AvgIpc) is 2.73. The Morgan fingerprint density at radius 3 is 1.92 bits per heavy atom. The second-order valence-electron chi connectivity index (χ2n) is 7.10. The van der Waals surface area contributed by atoms with Gasteiger partial charge in [0.25, 0.3) is 0 Å². The molecule has 1 unspecified atom stereocenters. The van der Waals surface area contributed by atoms with Gasteiger partial charge < -0.3 is 29.0 Å². The fourth-order valence-electron chi connectivity index (χ4n) is 2.74. The highest BCUT2D eigenvalue weighted by Gasteiger charge is 2.54. The van der Waals surface area contributed by atoms with Crippen molar-refractivity contribution in [2.45, 2.75) is 51.1 Å². The van der Waals surface area contributed by atoms with Crippen molar-refractivity contribution in [2.24, 2.45) is 0 Å². The lowest BCUT2D eigenvalue weighted by Crippen LogP contribution is -2.41. The third kappa shape index (κ3) is 3.69. The topological polar surface area (TPSA) is 94.5 Å². The highest BCUT2D eigenvalue weighted by atomic mass is 16.7. The van der Waals surface area contributed by atoms with Gasteiger partial charge in [-0.2, -0.15) is 0 Å². The van der Waals surface area contributed by atoms with Gasteiger partial charge in [0, 0.05) is 5.82 Å². The van der Waals surface area contributed by atoms with E-state index >= 15 is 0 Å². The fraction of sp³-hybridized carbons (Fsp3) is 0.588. The molecule has 0 spiro atoms. The van der Waals surface area contributed by atoms with Crippen LogP contribution < -0.4 is 9.47 Å². The highest BCUT2D eigenvalue weighted by Crippen LogP contribution is 2.45. The molecule has 1 aromatic carbocycles. The first kappa shape index (κ1) is 19.4. The number of aliphatic carboxylic acids is 1. The molecule has 1 aromatic rings. The summed E-state index contributed by atoms with van der Waals surface area (Å²) in [6, 6.07) is 3.16. The van der Waals surface area contributed by atoms with Crippen LogP contribution in [0.2, 0.25) is 0 Å². The number of hydrogen-bond acceptors (Lipinski definition) is 6. The predicted octanol–water partition coefficient (Wildman–Crippen LogP) is 2.60. The molecule has 138 valence electrons. The Morgan fingerprint density at radius 2 is 1.56 bits per heavy atom. The molecule has 0 aromatic heterocycles. The zero-order valence-electron chi connectivity index (χ0n) is 15.5. The fourth-order valence-corrected chi connectivity index (χ4v) is 2.74. The Balaban J connectivity index is 2.47. The number of phenolic OH excluding ortho intramolecular Hbond substituents is 1. The summed E-state index contributed by atoms with van der Waals surface area (Å²) >= 11 is 0. The molecular weight excluding hydrogens is 327 g/mol. The second-order valence-corrected chi connectivity index (χ2v) is 7.10. The molecule has 25 heavy (non-hydrogen) atoms. The zero-order chi connectivity index (χ0) is 19.0. The van der Waals surface area contributed by atoms with Crippen molar-refractivity contribution in [1.29, 1.82) is 0 Å². The number of carboxylic acids is 1. The standard InChI is InChI=1S/C17H25BO7/c1-16(2)17(3,4)25-18(24-16)11(9-14(19)20)10-7-12(22-5)15(21)13(8-10)23-6/h7-8,11,21H,9H2,1-6H3,(H,19,20). The van der Waals surface area contributed by atoms with Gasteiger partial charge in [-0.25, -0.2) is 0 Å². The summed E-state index contributed by atoms with van der Waals surface area (Å²) in [5, 5.41) is 19.4. The molecule has 7 nitrogen and oxygen atoms in total. The summed E-state index contributed by atoms with van der Waals surface area (Å²) in [6.07, 6.45) is -0.200. The molecule has 1 atom stereocenters. The van der Waals surface area contributed by atoms with Crippen LogP contribution >= 0.6 is 0 Å². The van der Waals surface area contributed by atoms with Gasteiger partial charge in [-0.1, -0.05) is 0 Å². The number of hydrogen-bond donors (Lipinski definition) is 2. The maximum Gasteiger partial charge on any atom is 0.466 e. The number of phenols is 1. The summed E-state index contributed by atoms with van der Waals surface area (Å²) in [4.78, 5) is 11.4. The summed E-state index contributed by atoms with van der Waals surface area (Å²) in [5.74, 6) is -1.33. The van der Waals surface area contributed by atoms with Crippen LogP contribution in [0.3, 0.4) is 0 Å². The third-order valence-corrected chi connectivity index (χ3v) is 4.92. The van der Waals surface area contributed by atoms with E-state index in [2.05, 4.69) is 0 Å². The van der Waals surface area contributed by atoms with E-state index < -0.39 is 30.1 Å². The maximum absolute atomic E-state index is 11.4. The SMILES string of the molecule is COc1cc(C(CC(=O)O)B2OC(C)(C)C(C)(C)O2)cc(OC)c1O. The van der Waals surface area contributed by atoms with Crippen molar-refractivity contribution in [2.75, 3.05) is 14.2 Å².